The highest BCUT2D eigenvalue weighted by molar-refractivity contribution is 5.76. The van der Waals surface area contributed by atoms with Crippen molar-refractivity contribution >= 4 is 5.91 Å². The van der Waals surface area contributed by atoms with Crippen molar-refractivity contribution in [3.8, 4) is 0 Å². The zero-order valence-corrected chi connectivity index (χ0v) is 11.2. The molecule has 0 fully saturated rings. The summed E-state index contributed by atoms with van der Waals surface area (Å²) in [6, 6.07) is 0.160. The molecule has 2 N–H and O–H groups in total. The summed E-state index contributed by atoms with van der Waals surface area (Å²) in [5.41, 5.74) is 5.53. The van der Waals surface area contributed by atoms with Crippen LogP contribution in [0, 0.1) is 0 Å². The van der Waals surface area contributed by atoms with Gasteiger partial charge >= 0.3 is 0 Å². The fourth-order valence-corrected chi connectivity index (χ4v) is 1.64. The molecule has 0 radical (unpaired) electrons. The molecule has 1 unspecified atom stereocenters. The number of rotatable bonds is 9. The first kappa shape index (κ1) is 15.4. The van der Waals surface area contributed by atoms with Crippen LogP contribution in [0.3, 0.4) is 0 Å². The van der Waals surface area contributed by atoms with E-state index in [1.165, 1.54) is 32.1 Å². The lowest BCUT2D eigenvalue weighted by Gasteiger charge is -2.23. The number of unbranched alkanes of at least 4 members (excludes halogenated alkanes) is 5. The van der Waals surface area contributed by atoms with Gasteiger partial charge in [0, 0.05) is 26.1 Å². The van der Waals surface area contributed by atoms with Crippen LogP contribution >= 0.6 is 0 Å². The third kappa shape index (κ3) is 6.83. The quantitative estimate of drug-likeness (QED) is 0.616. The second-order valence-electron chi connectivity index (χ2n) is 4.61. The molecule has 0 rings (SSSR count). The van der Waals surface area contributed by atoms with Gasteiger partial charge in [-0.05, 0) is 13.3 Å². The molecule has 1 amide bonds. The van der Waals surface area contributed by atoms with Gasteiger partial charge < -0.3 is 10.6 Å². The largest absolute Gasteiger partial charge is 0.342 e. The Hall–Kier alpha value is -0.570. The fourth-order valence-electron chi connectivity index (χ4n) is 1.64. The van der Waals surface area contributed by atoms with Crippen molar-refractivity contribution in [1.82, 2.24) is 4.90 Å². The predicted molar refractivity (Wildman–Crippen MR) is 69.3 cm³/mol. The van der Waals surface area contributed by atoms with Gasteiger partial charge in [-0.2, -0.15) is 0 Å². The summed E-state index contributed by atoms with van der Waals surface area (Å²) < 4.78 is 0. The molecule has 0 aliphatic heterocycles. The average Bonchev–Trinajstić information content (AvgIpc) is 2.31. The Labute approximate surface area is 100 Å². The van der Waals surface area contributed by atoms with E-state index in [4.69, 9.17) is 5.73 Å². The fraction of sp³-hybridized carbons (Fsp3) is 0.923. The standard InChI is InChI=1S/C13H28N2O/c1-4-5-6-7-8-9-10-13(16)15(3)12(2)11-14/h12H,4-11,14H2,1-3H3. The first-order chi connectivity index (χ1) is 7.63. The molecule has 0 aromatic carbocycles. The topological polar surface area (TPSA) is 46.3 Å². The van der Waals surface area contributed by atoms with Gasteiger partial charge in [0.2, 0.25) is 5.91 Å². The van der Waals surface area contributed by atoms with Crippen molar-refractivity contribution in [3.63, 3.8) is 0 Å². The highest BCUT2D eigenvalue weighted by Gasteiger charge is 2.13. The van der Waals surface area contributed by atoms with Gasteiger partial charge in [0.25, 0.3) is 0 Å². The minimum atomic E-state index is 0.160. The van der Waals surface area contributed by atoms with Gasteiger partial charge in [-0.25, -0.2) is 0 Å². The SMILES string of the molecule is CCCCCCCCC(=O)N(C)C(C)CN. The molecule has 0 spiro atoms. The summed E-state index contributed by atoms with van der Waals surface area (Å²) in [6.07, 6.45) is 8.03. The van der Waals surface area contributed by atoms with E-state index in [2.05, 4.69) is 6.92 Å². The summed E-state index contributed by atoms with van der Waals surface area (Å²) in [7, 11) is 1.84. The van der Waals surface area contributed by atoms with E-state index in [0.29, 0.717) is 13.0 Å². The molecule has 96 valence electrons. The molecule has 16 heavy (non-hydrogen) atoms. The van der Waals surface area contributed by atoms with E-state index in [0.717, 1.165) is 6.42 Å². The van der Waals surface area contributed by atoms with Crippen molar-refractivity contribution in [1.29, 1.82) is 0 Å². The van der Waals surface area contributed by atoms with Crippen LogP contribution in [0.1, 0.15) is 58.8 Å². The Kier molecular flexibility index (Phi) is 9.30. The van der Waals surface area contributed by atoms with Crippen LogP contribution in [-0.2, 0) is 4.79 Å². The molecule has 0 bridgehead atoms. The number of carbonyl (C=O) groups excluding carboxylic acids is 1. The maximum atomic E-state index is 11.7. The van der Waals surface area contributed by atoms with Crippen LogP contribution in [0.25, 0.3) is 0 Å². The molecule has 0 aliphatic carbocycles. The maximum absolute atomic E-state index is 11.7. The number of hydrogen-bond donors (Lipinski definition) is 1. The average molecular weight is 228 g/mol. The first-order valence-corrected chi connectivity index (χ1v) is 6.59. The zero-order valence-electron chi connectivity index (χ0n) is 11.2. The summed E-state index contributed by atoms with van der Waals surface area (Å²) in [4.78, 5) is 13.5. The van der Waals surface area contributed by atoms with Crippen LogP contribution in [0.5, 0.6) is 0 Å². The lowest BCUT2D eigenvalue weighted by Crippen LogP contribution is -2.39. The Bertz CT molecular complexity index is 183. The van der Waals surface area contributed by atoms with E-state index in [1.54, 1.807) is 4.90 Å². The van der Waals surface area contributed by atoms with Crippen molar-refractivity contribution < 1.29 is 4.79 Å². The van der Waals surface area contributed by atoms with Crippen molar-refractivity contribution in [3.05, 3.63) is 0 Å². The lowest BCUT2D eigenvalue weighted by atomic mass is 10.1. The van der Waals surface area contributed by atoms with Crippen LogP contribution in [0.4, 0.5) is 0 Å². The molecular formula is C13H28N2O. The first-order valence-electron chi connectivity index (χ1n) is 6.59. The third-order valence-electron chi connectivity index (χ3n) is 3.14. The van der Waals surface area contributed by atoms with E-state index >= 15 is 0 Å². The summed E-state index contributed by atoms with van der Waals surface area (Å²) in [5, 5.41) is 0. The van der Waals surface area contributed by atoms with E-state index < -0.39 is 0 Å². The Balaban J connectivity index is 3.50. The number of nitrogens with two attached hydrogens (primary N) is 1. The van der Waals surface area contributed by atoms with Crippen molar-refractivity contribution in [2.24, 2.45) is 5.73 Å². The predicted octanol–water partition coefficient (Wildman–Crippen LogP) is 2.54. The number of amides is 1. The van der Waals surface area contributed by atoms with Gasteiger partial charge in [0.1, 0.15) is 0 Å². The minimum Gasteiger partial charge on any atom is -0.342 e. The molecule has 0 heterocycles. The second kappa shape index (κ2) is 9.64. The highest BCUT2D eigenvalue weighted by Crippen LogP contribution is 2.08. The van der Waals surface area contributed by atoms with Gasteiger partial charge in [0.05, 0.1) is 0 Å². The van der Waals surface area contributed by atoms with Gasteiger partial charge in [0.15, 0.2) is 0 Å². The monoisotopic (exact) mass is 228 g/mol. The van der Waals surface area contributed by atoms with Crippen LogP contribution in [0.15, 0.2) is 0 Å². The van der Waals surface area contributed by atoms with Gasteiger partial charge in [-0.3, -0.25) is 4.79 Å². The highest BCUT2D eigenvalue weighted by atomic mass is 16.2. The molecule has 0 aliphatic rings. The summed E-state index contributed by atoms with van der Waals surface area (Å²) in [5.74, 6) is 0.230. The zero-order chi connectivity index (χ0) is 12.4. The second-order valence-corrected chi connectivity index (χ2v) is 4.61. The number of hydrogen-bond acceptors (Lipinski definition) is 2. The smallest absolute Gasteiger partial charge is 0.222 e. The lowest BCUT2D eigenvalue weighted by molar-refractivity contribution is -0.131. The van der Waals surface area contributed by atoms with Crippen molar-refractivity contribution in [2.75, 3.05) is 13.6 Å². The Morgan fingerprint density at radius 3 is 2.31 bits per heavy atom. The molecule has 0 aromatic heterocycles. The normalized spacial score (nSPS) is 12.5. The molecular weight excluding hydrogens is 200 g/mol. The Morgan fingerprint density at radius 1 is 1.19 bits per heavy atom. The maximum Gasteiger partial charge on any atom is 0.222 e. The molecule has 0 saturated carbocycles. The minimum absolute atomic E-state index is 0.160. The molecule has 3 heteroatoms. The summed E-state index contributed by atoms with van der Waals surface area (Å²) >= 11 is 0. The number of likely N-dealkylation sites (N-methyl/N-ethyl adjacent to an activating group) is 1. The molecule has 0 saturated heterocycles. The van der Waals surface area contributed by atoms with Gasteiger partial charge in [-0.15, -0.1) is 0 Å². The van der Waals surface area contributed by atoms with E-state index in [-0.39, 0.29) is 11.9 Å². The number of carbonyl (C=O) groups is 1. The van der Waals surface area contributed by atoms with Crippen molar-refractivity contribution in [2.45, 2.75) is 64.8 Å². The third-order valence-corrected chi connectivity index (χ3v) is 3.14. The van der Waals surface area contributed by atoms with E-state index in [1.807, 2.05) is 14.0 Å². The molecule has 1 atom stereocenters. The van der Waals surface area contributed by atoms with E-state index in [9.17, 15) is 4.79 Å². The van der Waals surface area contributed by atoms with Crippen LogP contribution in [0.2, 0.25) is 0 Å². The van der Waals surface area contributed by atoms with Gasteiger partial charge in [-0.1, -0.05) is 39.0 Å². The van der Waals surface area contributed by atoms with Crippen LogP contribution in [-0.4, -0.2) is 30.4 Å². The Morgan fingerprint density at radius 2 is 1.75 bits per heavy atom. The molecule has 0 aromatic rings. The molecule has 3 nitrogen and oxygen atoms in total. The van der Waals surface area contributed by atoms with Crippen LogP contribution < -0.4 is 5.73 Å². The summed E-state index contributed by atoms with van der Waals surface area (Å²) in [6.45, 7) is 4.74. The number of nitrogens with zero attached hydrogens (tertiary/aromatic N) is 1.